The molecule has 8 rings (SSSR count). The summed E-state index contributed by atoms with van der Waals surface area (Å²) in [6.07, 6.45) is 12.0. The SMILES string of the molecule is COc1ccc(C2=CN3C(=O)c4cc(OC)c(OCCCCCOc5cc6c(cc5OC)C(=O)N5C=C(c7ccc(OCCCN)cc7)C[C@H]5C=N6)cc4N=C[C@@H]3C2)cc1. The van der Waals surface area contributed by atoms with Crippen LogP contribution in [0.2, 0.25) is 0 Å². The average molecular weight is 812 g/mol. The lowest BCUT2D eigenvalue weighted by atomic mass is 10.0. The minimum absolute atomic E-state index is 0.138. The van der Waals surface area contributed by atoms with Crippen molar-refractivity contribution in [1.82, 2.24) is 9.80 Å². The van der Waals surface area contributed by atoms with E-state index in [1.54, 1.807) is 55.4 Å². The maximum absolute atomic E-state index is 13.8. The molecule has 310 valence electrons. The summed E-state index contributed by atoms with van der Waals surface area (Å²) in [5, 5.41) is 0. The predicted octanol–water partition coefficient (Wildman–Crippen LogP) is 8.01. The van der Waals surface area contributed by atoms with Crippen LogP contribution in [0.5, 0.6) is 34.5 Å². The summed E-state index contributed by atoms with van der Waals surface area (Å²) >= 11 is 0. The third-order valence-corrected chi connectivity index (χ3v) is 11.0. The zero-order valence-electron chi connectivity index (χ0n) is 34.1. The van der Waals surface area contributed by atoms with Gasteiger partial charge in [0, 0.05) is 49.8 Å². The van der Waals surface area contributed by atoms with E-state index in [2.05, 4.69) is 0 Å². The summed E-state index contributed by atoms with van der Waals surface area (Å²) in [5.74, 6) is 3.30. The van der Waals surface area contributed by atoms with Crippen molar-refractivity contribution in [2.45, 2.75) is 50.6 Å². The molecule has 4 aliphatic rings. The molecule has 2 atom stereocenters. The second-order valence-electron chi connectivity index (χ2n) is 14.9. The fourth-order valence-corrected chi connectivity index (χ4v) is 7.73. The average Bonchev–Trinajstić information content (AvgIpc) is 3.86. The second kappa shape index (κ2) is 18.1. The largest absolute Gasteiger partial charge is 0.497 e. The molecule has 0 spiro atoms. The molecule has 0 fully saturated rings. The number of methoxy groups -OCH3 is 3. The molecule has 4 aromatic carbocycles. The molecular formula is C47H49N5O8. The van der Waals surface area contributed by atoms with Gasteiger partial charge in [0.1, 0.15) is 11.5 Å². The lowest BCUT2D eigenvalue weighted by molar-refractivity contribution is 0.0809. The third-order valence-electron chi connectivity index (χ3n) is 11.0. The molecule has 13 heteroatoms. The highest BCUT2D eigenvalue weighted by Crippen LogP contribution is 2.42. The van der Waals surface area contributed by atoms with Gasteiger partial charge < -0.3 is 44.0 Å². The van der Waals surface area contributed by atoms with E-state index < -0.39 is 0 Å². The number of nitrogens with two attached hydrogens (primary N) is 1. The van der Waals surface area contributed by atoms with Gasteiger partial charge in [0.2, 0.25) is 0 Å². The Morgan fingerprint density at radius 1 is 0.567 bits per heavy atom. The van der Waals surface area contributed by atoms with Gasteiger partial charge in [-0.15, -0.1) is 0 Å². The highest BCUT2D eigenvalue weighted by atomic mass is 16.5. The number of unbranched alkanes of at least 4 members (excludes halogenated alkanes) is 2. The van der Waals surface area contributed by atoms with Crippen LogP contribution in [-0.2, 0) is 0 Å². The summed E-state index contributed by atoms with van der Waals surface area (Å²) in [6, 6.07) is 22.3. The van der Waals surface area contributed by atoms with E-state index in [1.165, 1.54) is 0 Å². The number of carbonyl (C=O) groups excluding carboxylic acids is 2. The van der Waals surface area contributed by atoms with Crippen LogP contribution in [0.15, 0.2) is 95.2 Å². The standard InChI is InChI=1S/C47H49N5O8/c1-55-36-12-8-30(9-13-36)32-20-34-26-49-40-24-44(42(56-2)22-38(40)46(53)51(34)28-32)59-17-5-4-6-18-60-45-25-41-39(23-43(45)57-3)47(54)52-29-33(21-35(52)27-50-41)31-10-14-37(15-11-31)58-19-7-16-48/h8-15,22-29,34-35H,4-7,16-21,48H2,1-3H3/t34-,35-/m0/s1. The molecule has 0 aromatic heterocycles. The number of rotatable bonds is 17. The van der Waals surface area contributed by atoms with E-state index in [1.807, 2.05) is 73.4 Å². The molecule has 4 heterocycles. The van der Waals surface area contributed by atoms with E-state index >= 15 is 0 Å². The fourth-order valence-electron chi connectivity index (χ4n) is 7.73. The first-order chi connectivity index (χ1) is 29.4. The van der Waals surface area contributed by atoms with Crippen molar-refractivity contribution >= 4 is 46.8 Å². The Bertz CT molecular complexity index is 2350. The molecule has 13 nitrogen and oxygen atoms in total. The van der Waals surface area contributed by atoms with Crippen LogP contribution in [-0.4, -0.2) is 93.8 Å². The number of benzene rings is 4. The molecule has 4 aliphatic heterocycles. The Balaban J connectivity index is 0.835. The Kier molecular flexibility index (Phi) is 12.1. The Hall–Kier alpha value is -6.60. The predicted molar refractivity (Wildman–Crippen MR) is 231 cm³/mol. The van der Waals surface area contributed by atoms with Crippen LogP contribution in [0.1, 0.15) is 70.4 Å². The molecule has 0 aliphatic carbocycles. The van der Waals surface area contributed by atoms with Crippen LogP contribution < -0.4 is 34.2 Å². The van der Waals surface area contributed by atoms with Crippen LogP contribution >= 0.6 is 0 Å². The van der Waals surface area contributed by atoms with E-state index in [0.29, 0.717) is 84.7 Å². The summed E-state index contributed by atoms with van der Waals surface area (Å²) in [4.78, 5) is 40.5. The smallest absolute Gasteiger partial charge is 0.260 e. The summed E-state index contributed by atoms with van der Waals surface area (Å²) < 4.78 is 34.7. The van der Waals surface area contributed by atoms with Gasteiger partial charge in [-0.1, -0.05) is 24.3 Å². The number of hydrogen-bond donors (Lipinski definition) is 1. The number of fused-ring (bicyclic) bond motifs is 4. The van der Waals surface area contributed by atoms with Gasteiger partial charge in [0.05, 0.1) is 75.7 Å². The monoisotopic (exact) mass is 811 g/mol. The lowest BCUT2D eigenvalue weighted by Crippen LogP contribution is -2.32. The first kappa shape index (κ1) is 40.2. The molecular weight excluding hydrogens is 763 g/mol. The highest BCUT2D eigenvalue weighted by molar-refractivity contribution is 6.06. The molecule has 0 bridgehead atoms. The Morgan fingerprint density at radius 2 is 1.03 bits per heavy atom. The molecule has 2 N–H and O–H groups in total. The molecule has 0 unspecified atom stereocenters. The molecule has 60 heavy (non-hydrogen) atoms. The molecule has 0 saturated heterocycles. The van der Waals surface area contributed by atoms with Crippen molar-refractivity contribution in [2.24, 2.45) is 15.7 Å². The number of aliphatic imine (C=N–C) groups is 2. The second-order valence-corrected chi connectivity index (χ2v) is 14.9. The number of nitrogens with zero attached hydrogens (tertiary/aromatic N) is 4. The topological polar surface area (TPSA) is 147 Å². The minimum atomic E-state index is -0.200. The summed E-state index contributed by atoms with van der Waals surface area (Å²) in [6.45, 7) is 2.05. The van der Waals surface area contributed by atoms with Crippen LogP contribution in [0, 0.1) is 0 Å². The zero-order valence-corrected chi connectivity index (χ0v) is 34.1. The van der Waals surface area contributed by atoms with Crippen molar-refractivity contribution in [3.8, 4) is 34.5 Å². The van der Waals surface area contributed by atoms with E-state index in [4.69, 9.17) is 44.1 Å². The molecule has 2 amide bonds. The quantitative estimate of drug-likeness (QED) is 0.105. The van der Waals surface area contributed by atoms with Crippen molar-refractivity contribution in [3.63, 3.8) is 0 Å². The Labute approximate surface area is 349 Å². The number of amides is 2. The van der Waals surface area contributed by atoms with Gasteiger partial charge >= 0.3 is 0 Å². The lowest BCUT2D eigenvalue weighted by Gasteiger charge is -2.19. The molecule has 0 radical (unpaired) electrons. The van der Waals surface area contributed by atoms with Gasteiger partial charge in [0.25, 0.3) is 11.8 Å². The molecule has 0 saturated carbocycles. The van der Waals surface area contributed by atoms with Crippen molar-refractivity contribution in [3.05, 3.63) is 107 Å². The van der Waals surface area contributed by atoms with Gasteiger partial charge in [-0.3, -0.25) is 19.6 Å². The van der Waals surface area contributed by atoms with E-state index in [0.717, 1.165) is 59.5 Å². The maximum atomic E-state index is 13.8. The van der Waals surface area contributed by atoms with Crippen molar-refractivity contribution < 1.29 is 38.0 Å². The number of ether oxygens (including phenoxy) is 6. The normalized spacial score (nSPS) is 17.5. The fraction of sp³-hybridized carbons (Fsp3) is 0.319. The zero-order chi connectivity index (χ0) is 41.6. The van der Waals surface area contributed by atoms with Gasteiger partial charge in [0.15, 0.2) is 23.0 Å². The van der Waals surface area contributed by atoms with Gasteiger partial charge in [-0.05, 0) is 90.9 Å². The van der Waals surface area contributed by atoms with Crippen LogP contribution in [0.3, 0.4) is 0 Å². The van der Waals surface area contributed by atoms with E-state index in [-0.39, 0.29) is 23.9 Å². The summed E-state index contributed by atoms with van der Waals surface area (Å²) in [5.41, 5.74) is 11.8. The third kappa shape index (κ3) is 8.44. The summed E-state index contributed by atoms with van der Waals surface area (Å²) in [7, 11) is 4.77. The number of carbonyl (C=O) groups is 2. The first-order valence-corrected chi connectivity index (χ1v) is 20.3. The number of hydrogen-bond acceptors (Lipinski definition) is 11. The highest BCUT2D eigenvalue weighted by Gasteiger charge is 2.35. The Morgan fingerprint density at radius 3 is 1.48 bits per heavy atom. The maximum Gasteiger partial charge on any atom is 0.260 e. The van der Waals surface area contributed by atoms with E-state index in [9.17, 15) is 9.59 Å². The molecule has 4 aromatic rings. The van der Waals surface area contributed by atoms with Crippen LogP contribution in [0.25, 0.3) is 11.1 Å². The minimum Gasteiger partial charge on any atom is -0.497 e. The van der Waals surface area contributed by atoms with Crippen molar-refractivity contribution in [1.29, 1.82) is 0 Å². The van der Waals surface area contributed by atoms with Crippen LogP contribution in [0.4, 0.5) is 11.4 Å². The van der Waals surface area contributed by atoms with Gasteiger partial charge in [-0.2, -0.15) is 0 Å². The first-order valence-electron chi connectivity index (χ1n) is 20.3. The van der Waals surface area contributed by atoms with Crippen molar-refractivity contribution in [2.75, 3.05) is 47.7 Å². The van der Waals surface area contributed by atoms with Gasteiger partial charge in [-0.25, -0.2) is 0 Å².